The molecule has 0 bridgehead atoms. The maximum absolute atomic E-state index is 13.1. The predicted molar refractivity (Wildman–Crippen MR) is 169 cm³/mol. The normalized spacial score (nSPS) is 18.8. The molecule has 1 aliphatic carbocycles. The summed E-state index contributed by atoms with van der Waals surface area (Å²) in [5.41, 5.74) is 3.47. The number of halogens is 1. The molecular weight excluding hydrogens is 550 g/mol. The van der Waals surface area contributed by atoms with Crippen LogP contribution in [-0.2, 0) is 4.79 Å². The summed E-state index contributed by atoms with van der Waals surface area (Å²) in [6, 6.07) is 14.9. The van der Waals surface area contributed by atoms with Crippen LogP contribution in [0.1, 0.15) is 43.0 Å². The number of aromatic amines is 1. The number of likely N-dealkylation sites (N-methyl/N-ethyl adjacent to an activating group) is 1. The molecule has 10 heteroatoms. The zero-order valence-electron chi connectivity index (χ0n) is 24.1. The van der Waals surface area contributed by atoms with Gasteiger partial charge < -0.3 is 25.8 Å². The van der Waals surface area contributed by atoms with Gasteiger partial charge in [-0.25, -0.2) is 9.97 Å². The molecule has 42 heavy (non-hydrogen) atoms. The number of para-hydroxylation sites is 1. The average molecular weight is 586 g/mol. The number of carbonyl (C=O) groups is 2. The van der Waals surface area contributed by atoms with E-state index in [4.69, 9.17) is 16.6 Å². The maximum atomic E-state index is 13.1. The Morgan fingerprint density at radius 3 is 2.74 bits per heavy atom. The van der Waals surface area contributed by atoms with E-state index >= 15 is 0 Å². The van der Waals surface area contributed by atoms with Crippen LogP contribution in [0.25, 0.3) is 22.2 Å². The van der Waals surface area contributed by atoms with Gasteiger partial charge in [0.25, 0.3) is 5.91 Å². The Morgan fingerprint density at radius 2 is 1.95 bits per heavy atom. The van der Waals surface area contributed by atoms with Crippen LogP contribution in [0, 0.1) is 0 Å². The Balaban J connectivity index is 1.21. The molecule has 0 radical (unpaired) electrons. The average Bonchev–Trinajstić information content (AvgIpc) is 3.38. The van der Waals surface area contributed by atoms with E-state index in [1.54, 1.807) is 36.5 Å². The fourth-order valence-corrected chi connectivity index (χ4v) is 5.60. The first-order valence-electron chi connectivity index (χ1n) is 14.1. The molecule has 9 nitrogen and oxygen atoms in total. The summed E-state index contributed by atoms with van der Waals surface area (Å²) in [5.74, 6) is 0.155. The van der Waals surface area contributed by atoms with Crippen molar-refractivity contribution in [3.05, 3.63) is 83.7 Å². The van der Waals surface area contributed by atoms with Crippen molar-refractivity contribution in [2.75, 3.05) is 31.3 Å². The van der Waals surface area contributed by atoms with Crippen LogP contribution in [0.4, 0.5) is 11.6 Å². The molecule has 218 valence electrons. The van der Waals surface area contributed by atoms with Gasteiger partial charge in [0.05, 0.1) is 16.9 Å². The number of rotatable bonds is 9. The minimum absolute atomic E-state index is 0.00893. The molecule has 1 saturated carbocycles. The first-order valence-corrected chi connectivity index (χ1v) is 14.5. The maximum Gasteiger partial charge on any atom is 0.251 e. The van der Waals surface area contributed by atoms with E-state index in [1.165, 1.54) is 6.08 Å². The molecule has 2 heterocycles. The van der Waals surface area contributed by atoms with Gasteiger partial charge in [0.2, 0.25) is 11.9 Å². The molecule has 5 rings (SSSR count). The van der Waals surface area contributed by atoms with E-state index in [0.717, 1.165) is 42.1 Å². The third kappa shape index (κ3) is 7.16. The van der Waals surface area contributed by atoms with Crippen molar-refractivity contribution in [1.29, 1.82) is 0 Å². The number of nitrogens with one attached hydrogen (secondary N) is 4. The summed E-state index contributed by atoms with van der Waals surface area (Å²) in [7, 11) is 3.87. The highest BCUT2D eigenvalue weighted by Crippen LogP contribution is 2.35. The second kappa shape index (κ2) is 12.8. The summed E-state index contributed by atoms with van der Waals surface area (Å²) >= 11 is 6.53. The lowest BCUT2D eigenvalue weighted by Gasteiger charge is -2.39. The number of hydrogen-bond donors (Lipinski definition) is 4. The smallest absolute Gasteiger partial charge is 0.251 e. The molecule has 2 atom stereocenters. The molecule has 0 spiro atoms. The van der Waals surface area contributed by atoms with Crippen molar-refractivity contribution >= 4 is 46.0 Å². The number of carbonyl (C=O) groups excluding carboxylic acids is 2. The molecule has 1 aliphatic rings. The van der Waals surface area contributed by atoms with E-state index in [9.17, 15) is 9.59 Å². The lowest BCUT2D eigenvalue weighted by Crippen LogP contribution is -2.48. The number of nitrogens with zero attached hydrogens (tertiary/aromatic N) is 3. The Morgan fingerprint density at radius 1 is 1.17 bits per heavy atom. The van der Waals surface area contributed by atoms with Crippen LogP contribution < -0.4 is 16.0 Å². The van der Waals surface area contributed by atoms with Crippen LogP contribution in [-0.4, -0.2) is 63.9 Å². The molecule has 4 aromatic rings. The van der Waals surface area contributed by atoms with Crippen LogP contribution in [0.15, 0.2) is 73.1 Å². The van der Waals surface area contributed by atoms with E-state index < -0.39 is 0 Å². The van der Waals surface area contributed by atoms with Crippen LogP contribution in [0.5, 0.6) is 0 Å². The first kappa shape index (κ1) is 29.3. The second-order valence-corrected chi connectivity index (χ2v) is 11.7. The van der Waals surface area contributed by atoms with E-state index in [1.807, 2.05) is 49.5 Å². The molecular formula is C32H36ClN7O2. The first-order chi connectivity index (χ1) is 20.2. The highest BCUT2D eigenvalue weighted by molar-refractivity contribution is 6.33. The van der Waals surface area contributed by atoms with Crippen molar-refractivity contribution in [2.45, 2.75) is 44.2 Å². The van der Waals surface area contributed by atoms with Gasteiger partial charge in [0.1, 0.15) is 0 Å². The molecule has 0 unspecified atom stereocenters. The van der Waals surface area contributed by atoms with Crippen LogP contribution >= 0.6 is 11.6 Å². The van der Waals surface area contributed by atoms with E-state index in [2.05, 4.69) is 32.8 Å². The zero-order valence-corrected chi connectivity index (χ0v) is 24.8. The number of aromatic nitrogens is 3. The van der Waals surface area contributed by atoms with Crippen LogP contribution in [0.3, 0.4) is 0 Å². The lowest BCUT2D eigenvalue weighted by molar-refractivity contribution is -0.111. The number of benzene rings is 2. The molecule has 4 N–H and O–H groups in total. The Labute approximate surface area is 250 Å². The number of hydrogen-bond acceptors (Lipinski definition) is 6. The number of anilines is 2. The van der Waals surface area contributed by atoms with Crippen molar-refractivity contribution in [2.24, 2.45) is 0 Å². The summed E-state index contributed by atoms with van der Waals surface area (Å²) in [5, 5.41) is 11.1. The van der Waals surface area contributed by atoms with Gasteiger partial charge in [-0.3, -0.25) is 9.59 Å². The topological polar surface area (TPSA) is 115 Å². The summed E-state index contributed by atoms with van der Waals surface area (Å²) < 4.78 is 0. The molecule has 0 saturated heterocycles. The van der Waals surface area contributed by atoms with Gasteiger partial charge in [0, 0.05) is 58.1 Å². The third-order valence-corrected chi connectivity index (χ3v) is 7.75. The highest BCUT2D eigenvalue weighted by Gasteiger charge is 2.34. The van der Waals surface area contributed by atoms with Gasteiger partial charge in [-0.05, 0) is 77.0 Å². The van der Waals surface area contributed by atoms with E-state index in [0.29, 0.717) is 34.5 Å². The third-order valence-electron chi connectivity index (χ3n) is 7.47. The lowest BCUT2D eigenvalue weighted by atomic mass is 9.80. The van der Waals surface area contributed by atoms with Crippen molar-refractivity contribution in [3.8, 4) is 11.3 Å². The van der Waals surface area contributed by atoms with Gasteiger partial charge in [0.15, 0.2) is 0 Å². The zero-order chi connectivity index (χ0) is 29.7. The fourth-order valence-electron chi connectivity index (χ4n) is 5.41. The standard InChI is InChI=1S/C32H36ClN7O2/c1-32(39-31-35-20-26(33)29(38-31)25-19-34-27-10-5-4-9-24(25)27)16-6-8-23(18-32)37-30(42)21-12-14-22(15-13-21)36-28(41)11-7-17-40(2)3/h4-5,7,9-15,19-20,23,34H,6,8,16-18H2,1-3H3,(H,36,41)(H,37,42)(H,35,38,39)/b11-7+/t23-,32+/m0/s1. The Bertz CT molecular complexity index is 1600. The molecule has 2 aromatic heterocycles. The Hall–Kier alpha value is -4.21. The number of fused-ring (bicyclic) bond motifs is 1. The van der Waals surface area contributed by atoms with Crippen LogP contribution in [0.2, 0.25) is 5.02 Å². The second-order valence-electron chi connectivity index (χ2n) is 11.3. The van der Waals surface area contributed by atoms with Gasteiger partial charge in [-0.2, -0.15) is 0 Å². The monoisotopic (exact) mass is 585 g/mol. The molecule has 1 fully saturated rings. The van der Waals surface area contributed by atoms with Gasteiger partial charge >= 0.3 is 0 Å². The number of H-pyrrole nitrogens is 1. The van der Waals surface area contributed by atoms with Gasteiger partial charge in [-0.1, -0.05) is 35.9 Å². The predicted octanol–water partition coefficient (Wildman–Crippen LogP) is 5.88. The van der Waals surface area contributed by atoms with E-state index in [-0.39, 0.29) is 23.4 Å². The quantitative estimate of drug-likeness (QED) is 0.182. The van der Waals surface area contributed by atoms with Crippen molar-refractivity contribution < 1.29 is 9.59 Å². The summed E-state index contributed by atoms with van der Waals surface area (Å²) in [6.45, 7) is 2.82. The number of amides is 2. The van der Waals surface area contributed by atoms with Gasteiger partial charge in [-0.15, -0.1) is 0 Å². The summed E-state index contributed by atoms with van der Waals surface area (Å²) in [6.07, 6.45) is 10.3. The van der Waals surface area contributed by atoms with Crippen molar-refractivity contribution in [3.63, 3.8) is 0 Å². The molecule has 2 aromatic carbocycles. The summed E-state index contributed by atoms with van der Waals surface area (Å²) in [4.78, 5) is 39.7. The largest absolute Gasteiger partial charge is 0.360 e. The SMILES string of the molecule is CN(C)C/C=C/C(=O)Nc1ccc(C(=O)N[C@H]2CCC[C@@](C)(Nc3ncc(Cl)c(-c4c[nH]c5ccccc45)n3)C2)cc1. The van der Waals surface area contributed by atoms with Crippen molar-refractivity contribution in [1.82, 2.24) is 25.2 Å². The minimum atomic E-state index is -0.310. The Kier molecular flexibility index (Phi) is 8.89. The highest BCUT2D eigenvalue weighted by atomic mass is 35.5. The minimum Gasteiger partial charge on any atom is -0.360 e. The molecule has 2 amide bonds. The molecule has 0 aliphatic heterocycles. The fraction of sp³-hybridized carbons (Fsp3) is 0.312.